The summed E-state index contributed by atoms with van der Waals surface area (Å²) >= 11 is 1.08. The molecule has 1 N–H and O–H groups in total. The average Bonchev–Trinajstić information content (AvgIpc) is 2.91. The first-order valence-electron chi connectivity index (χ1n) is 7.50. The number of nitrogens with zero attached hydrogens (tertiary/aromatic N) is 2. The lowest BCUT2D eigenvalue weighted by molar-refractivity contribution is 0.0527. The molecule has 132 valence electrons. The summed E-state index contributed by atoms with van der Waals surface area (Å²) in [4.78, 5) is 32.9. The van der Waals surface area contributed by atoms with E-state index in [4.69, 9.17) is 4.74 Å². The van der Waals surface area contributed by atoms with E-state index in [9.17, 15) is 18.0 Å². The topological polar surface area (TPSA) is 115 Å². The van der Waals surface area contributed by atoms with Crippen molar-refractivity contribution in [3.8, 4) is 0 Å². The first kappa shape index (κ1) is 17.5. The van der Waals surface area contributed by atoms with Crippen molar-refractivity contribution >= 4 is 38.1 Å². The van der Waals surface area contributed by atoms with E-state index in [-0.39, 0.29) is 40.8 Å². The Kier molecular flexibility index (Phi) is 4.82. The Bertz CT molecular complexity index is 922. The van der Waals surface area contributed by atoms with Gasteiger partial charge in [0, 0.05) is 17.3 Å². The van der Waals surface area contributed by atoms with Gasteiger partial charge in [0.15, 0.2) is 9.84 Å². The fraction of sp³-hybridized carbons (Fsp3) is 0.333. The highest BCUT2D eigenvalue weighted by Crippen LogP contribution is 2.38. The van der Waals surface area contributed by atoms with Crippen LogP contribution in [-0.2, 0) is 26.7 Å². The Morgan fingerprint density at radius 1 is 1.36 bits per heavy atom. The Morgan fingerprint density at radius 3 is 2.84 bits per heavy atom. The molecule has 8 nitrogen and oxygen atoms in total. The number of aromatic nitrogens is 2. The molecule has 0 bridgehead atoms. The monoisotopic (exact) mass is 381 g/mol. The molecule has 0 fully saturated rings. The van der Waals surface area contributed by atoms with Gasteiger partial charge in [-0.15, -0.1) is 11.3 Å². The standard InChI is InChI=1S/C15H15N3O5S2/c1-2-23-15(20)12-9-3-6-25(21,22)8-11(9)24-14(12)18-13(19)10-7-16-4-5-17-10/h4-5,7H,2-3,6,8H2,1H3,(H,18,19). The maximum absolute atomic E-state index is 12.3. The zero-order valence-corrected chi connectivity index (χ0v) is 14.9. The quantitative estimate of drug-likeness (QED) is 0.797. The first-order valence-corrected chi connectivity index (χ1v) is 10.1. The Balaban J connectivity index is 1.99. The SMILES string of the molecule is CCOC(=O)c1c(NC(=O)c2cnccn2)sc2c1CCS(=O)(=O)C2. The van der Waals surface area contributed by atoms with Crippen LogP contribution in [0.4, 0.5) is 5.00 Å². The molecule has 0 saturated carbocycles. The largest absolute Gasteiger partial charge is 0.462 e. The fourth-order valence-electron chi connectivity index (χ4n) is 2.51. The minimum absolute atomic E-state index is 0.0271. The Morgan fingerprint density at radius 2 is 2.16 bits per heavy atom. The number of carbonyl (C=O) groups excluding carboxylic acids is 2. The molecule has 25 heavy (non-hydrogen) atoms. The van der Waals surface area contributed by atoms with Gasteiger partial charge in [0.05, 0.1) is 29.9 Å². The van der Waals surface area contributed by atoms with E-state index in [1.165, 1.54) is 18.6 Å². The molecule has 0 atom stereocenters. The number of nitrogens with one attached hydrogen (secondary N) is 1. The van der Waals surface area contributed by atoms with Crippen LogP contribution >= 0.6 is 11.3 Å². The third kappa shape index (κ3) is 3.69. The maximum atomic E-state index is 12.3. The smallest absolute Gasteiger partial charge is 0.341 e. The van der Waals surface area contributed by atoms with E-state index in [0.29, 0.717) is 10.4 Å². The van der Waals surface area contributed by atoms with Crippen LogP contribution in [0.3, 0.4) is 0 Å². The summed E-state index contributed by atoms with van der Waals surface area (Å²) in [7, 11) is -3.19. The molecule has 3 rings (SSSR count). The van der Waals surface area contributed by atoms with Crippen LogP contribution in [0.1, 0.15) is 38.2 Å². The number of fused-ring (bicyclic) bond motifs is 1. The molecule has 10 heteroatoms. The van der Waals surface area contributed by atoms with Crippen LogP contribution in [0.5, 0.6) is 0 Å². The van der Waals surface area contributed by atoms with Crippen molar-refractivity contribution in [2.75, 3.05) is 17.7 Å². The van der Waals surface area contributed by atoms with Crippen LogP contribution in [0, 0.1) is 0 Å². The van der Waals surface area contributed by atoms with Gasteiger partial charge in [-0.1, -0.05) is 0 Å². The van der Waals surface area contributed by atoms with Crippen LogP contribution < -0.4 is 5.32 Å². The fourth-order valence-corrected chi connectivity index (χ4v) is 5.55. The zero-order valence-electron chi connectivity index (χ0n) is 13.3. The second-order valence-corrected chi connectivity index (χ2v) is 8.60. The van der Waals surface area contributed by atoms with Gasteiger partial charge in [0.1, 0.15) is 10.7 Å². The van der Waals surface area contributed by atoms with E-state index in [2.05, 4.69) is 15.3 Å². The van der Waals surface area contributed by atoms with Gasteiger partial charge < -0.3 is 10.1 Å². The molecule has 0 unspecified atom stereocenters. The molecule has 1 aliphatic rings. The Labute approximate surface area is 148 Å². The maximum Gasteiger partial charge on any atom is 0.341 e. The molecule has 0 aromatic carbocycles. The summed E-state index contributed by atoms with van der Waals surface area (Å²) < 4.78 is 28.8. The van der Waals surface area contributed by atoms with Crippen molar-refractivity contribution in [2.24, 2.45) is 0 Å². The predicted molar refractivity (Wildman–Crippen MR) is 91.5 cm³/mol. The predicted octanol–water partition coefficient (Wildman–Crippen LogP) is 1.44. The van der Waals surface area contributed by atoms with Crippen LogP contribution in [0.25, 0.3) is 0 Å². The average molecular weight is 381 g/mol. The summed E-state index contributed by atoms with van der Waals surface area (Å²) in [5, 5.41) is 2.91. The van der Waals surface area contributed by atoms with Gasteiger partial charge in [-0.3, -0.25) is 9.78 Å². The number of hydrogen-bond donors (Lipinski definition) is 1. The molecular weight excluding hydrogens is 366 g/mol. The zero-order chi connectivity index (χ0) is 18.0. The second kappa shape index (κ2) is 6.89. The second-order valence-electron chi connectivity index (χ2n) is 5.32. The van der Waals surface area contributed by atoms with Crippen LogP contribution in [-0.4, -0.2) is 42.6 Å². The molecule has 2 aromatic heterocycles. The summed E-state index contributed by atoms with van der Waals surface area (Å²) in [6.07, 6.45) is 4.35. The van der Waals surface area contributed by atoms with E-state index < -0.39 is 21.7 Å². The van der Waals surface area contributed by atoms with Gasteiger partial charge in [-0.25, -0.2) is 18.2 Å². The van der Waals surface area contributed by atoms with E-state index >= 15 is 0 Å². The highest BCUT2D eigenvalue weighted by atomic mass is 32.2. The number of carbonyl (C=O) groups is 2. The highest BCUT2D eigenvalue weighted by molar-refractivity contribution is 7.90. The van der Waals surface area contributed by atoms with Crippen molar-refractivity contribution in [2.45, 2.75) is 19.1 Å². The minimum Gasteiger partial charge on any atom is -0.462 e. The number of ether oxygens (including phenoxy) is 1. The Hall–Kier alpha value is -2.33. The molecule has 2 aromatic rings. The molecule has 0 saturated heterocycles. The van der Waals surface area contributed by atoms with E-state index in [1.807, 2.05) is 0 Å². The van der Waals surface area contributed by atoms with Crippen molar-refractivity contribution in [1.29, 1.82) is 0 Å². The van der Waals surface area contributed by atoms with Crippen LogP contribution in [0.2, 0.25) is 0 Å². The molecule has 3 heterocycles. The number of thiophene rings is 1. The van der Waals surface area contributed by atoms with Crippen molar-refractivity contribution in [1.82, 2.24) is 9.97 Å². The van der Waals surface area contributed by atoms with Crippen molar-refractivity contribution in [3.63, 3.8) is 0 Å². The lowest BCUT2D eigenvalue weighted by Crippen LogP contribution is -2.20. The third-order valence-electron chi connectivity index (χ3n) is 3.61. The number of amides is 1. The number of rotatable bonds is 4. The van der Waals surface area contributed by atoms with Gasteiger partial charge >= 0.3 is 5.97 Å². The van der Waals surface area contributed by atoms with Crippen LogP contribution in [0.15, 0.2) is 18.6 Å². The summed E-state index contributed by atoms with van der Waals surface area (Å²) in [6, 6.07) is 0. The molecule has 1 amide bonds. The van der Waals surface area contributed by atoms with Gasteiger partial charge in [0.2, 0.25) is 0 Å². The molecule has 0 radical (unpaired) electrons. The molecule has 0 aliphatic carbocycles. The minimum atomic E-state index is -3.19. The van der Waals surface area contributed by atoms with E-state index in [0.717, 1.165) is 11.3 Å². The first-order chi connectivity index (χ1) is 11.9. The summed E-state index contributed by atoms with van der Waals surface area (Å²) in [6.45, 7) is 1.86. The number of esters is 1. The van der Waals surface area contributed by atoms with Crippen molar-refractivity contribution < 1.29 is 22.7 Å². The van der Waals surface area contributed by atoms with Crippen molar-refractivity contribution in [3.05, 3.63) is 40.3 Å². The summed E-state index contributed by atoms with van der Waals surface area (Å²) in [5.41, 5.74) is 0.956. The van der Waals surface area contributed by atoms with Gasteiger partial charge in [-0.2, -0.15) is 0 Å². The lowest BCUT2D eigenvalue weighted by Gasteiger charge is -2.13. The molecular formula is C15H15N3O5S2. The van der Waals surface area contributed by atoms with Gasteiger partial charge in [0.25, 0.3) is 5.91 Å². The third-order valence-corrected chi connectivity index (χ3v) is 6.49. The normalized spacial score (nSPS) is 15.2. The molecule has 0 spiro atoms. The highest BCUT2D eigenvalue weighted by Gasteiger charge is 2.32. The number of sulfone groups is 1. The number of anilines is 1. The van der Waals surface area contributed by atoms with Gasteiger partial charge in [-0.05, 0) is 18.9 Å². The lowest BCUT2D eigenvalue weighted by atomic mass is 10.1. The number of hydrogen-bond acceptors (Lipinski definition) is 8. The molecule has 1 aliphatic heterocycles. The van der Waals surface area contributed by atoms with E-state index in [1.54, 1.807) is 6.92 Å². The summed E-state index contributed by atoms with van der Waals surface area (Å²) in [5.74, 6) is -1.27.